The number of piperidine rings is 1. The number of anilines is 1. The molecule has 0 aliphatic carbocycles. The van der Waals surface area contributed by atoms with Gasteiger partial charge in [0.15, 0.2) is 0 Å². The molecule has 0 amide bonds. The summed E-state index contributed by atoms with van der Waals surface area (Å²) in [6.45, 7) is 5.77. The lowest BCUT2D eigenvalue weighted by Gasteiger charge is -2.42. The van der Waals surface area contributed by atoms with E-state index in [-0.39, 0.29) is 6.04 Å². The van der Waals surface area contributed by atoms with Gasteiger partial charge in [-0.3, -0.25) is 4.72 Å². The van der Waals surface area contributed by atoms with Gasteiger partial charge in [0.2, 0.25) is 0 Å². The number of nitrogens with zero attached hydrogens (tertiary/aromatic N) is 1. The minimum Gasteiger partial charge on any atom is -0.364 e. The Hall–Kier alpha value is -2.08. The molecule has 0 radical (unpaired) electrons. The predicted molar refractivity (Wildman–Crippen MR) is 130 cm³/mol. The van der Waals surface area contributed by atoms with Gasteiger partial charge in [0, 0.05) is 34.8 Å². The van der Waals surface area contributed by atoms with Crippen LogP contribution in [0, 0.1) is 31.4 Å². The lowest BCUT2D eigenvalue weighted by molar-refractivity contribution is 0.361. The first kappa shape index (κ1) is 23.1. The van der Waals surface area contributed by atoms with Gasteiger partial charge < -0.3 is 4.90 Å². The van der Waals surface area contributed by atoms with Crippen molar-refractivity contribution in [3.05, 3.63) is 94.0 Å². The van der Waals surface area contributed by atoms with Gasteiger partial charge in [-0.25, -0.2) is 8.78 Å². The fourth-order valence-electron chi connectivity index (χ4n) is 4.29. The summed E-state index contributed by atoms with van der Waals surface area (Å²) in [5.41, 5.74) is 4.73. The van der Waals surface area contributed by atoms with Crippen molar-refractivity contribution in [3.63, 3.8) is 0 Å². The maximum atomic E-state index is 13.4. The maximum Gasteiger partial charge on any atom is 0.127 e. The molecule has 2 atom stereocenters. The van der Waals surface area contributed by atoms with Crippen molar-refractivity contribution in [2.75, 3.05) is 18.0 Å². The second-order valence-corrected chi connectivity index (χ2v) is 9.90. The van der Waals surface area contributed by atoms with E-state index in [1.165, 1.54) is 35.3 Å². The molecule has 32 heavy (non-hydrogen) atoms. The van der Waals surface area contributed by atoms with Crippen LogP contribution in [0.2, 0.25) is 5.02 Å². The van der Waals surface area contributed by atoms with Gasteiger partial charge in [0.1, 0.15) is 11.6 Å². The number of aryl methyl sites for hydroxylation is 2. The van der Waals surface area contributed by atoms with Gasteiger partial charge in [-0.2, -0.15) is 0 Å². The van der Waals surface area contributed by atoms with E-state index in [0.717, 1.165) is 48.1 Å². The third kappa shape index (κ3) is 5.64. The fourth-order valence-corrected chi connectivity index (χ4v) is 5.48. The Balaban J connectivity index is 1.49. The Morgan fingerprint density at radius 2 is 1.62 bits per heavy atom. The van der Waals surface area contributed by atoms with E-state index in [4.69, 9.17) is 11.6 Å². The molecule has 1 N–H and O–H groups in total. The van der Waals surface area contributed by atoms with Gasteiger partial charge in [-0.1, -0.05) is 41.4 Å². The lowest BCUT2D eigenvalue weighted by atomic mass is 9.88. The molecule has 1 fully saturated rings. The van der Waals surface area contributed by atoms with E-state index >= 15 is 0 Å². The first-order valence-electron chi connectivity index (χ1n) is 10.8. The normalized spacial score (nSPS) is 18.7. The monoisotopic (exact) mass is 472 g/mol. The van der Waals surface area contributed by atoms with E-state index in [0.29, 0.717) is 10.8 Å². The molecule has 1 aliphatic rings. The van der Waals surface area contributed by atoms with Crippen molar-refractivity contribution in [3.8, 4) is 0 Å². The van der Waals surface area contributed by atoms with Crippen molar-refractivity contribution in [1.82, 2.24) is 4.72 Å². The summed E-state index contributed by atoms with van der Waals surface area (Å²) in [6.07, 6.45) is 2.03. The standard InChI is InChI=1S/C26H27ClF2N2S/c1-17-3-7-22(8-4-17)31-16-19(15-30-32-23-13-20(28)12-21(29)14-23)6-10-26(31)24-9-5-18(2)11-25(24)27/h3-5,7-9,11-14,19,26,30H,6,10,15-16H2,1-2H3. The Kier molecular flexibility index (Phi) is 7.39. The molecule has 0 saturated carbocycles. The minimum absolute atomic E-state index is 0.215. The van der Waals surface area contributed by atoms with Crippen molar-refractivity contribution in [2.45, 2.75) is 37.6 Å². The van der Waals surface area contributed by atoms with Crippen LogP contribution in [0.4, 0.5) is 14.5 Å². The van der Waals surface area contributed by atoms with Crippen molar-refractivity contribution in [1.29, 1.82) is 0 Å². The smallest absolute Gasteiger partial charge is 0.127 e. The third-order valence-corrected chi connectivity index (χ3v) is 7.07. The summed E-state index contributed by atoms with van der Waals surface area (Å²) >= 11 is 7.92. The highest BCUT2D eigenvalue weighted by Crippen LogP contribution is 2.40. The first-order valence-corrected chi connectivity index (χ1v) is 12.0. The topological polar surface area (TPSA) is 15.3 Å². The van der Waals surface area contributed by atoms with Gasteiger partial charge in [-0.15, -0.1) is 0 Å². The van der Waals surface area contributed by atoms with Gasteiger partial charge in [0.25, 0.3) is 0 Å². The molecular formula is C26H27ClF2N2S. The molecular weight excluding hydrogens is 446 g/mol. The van der Waals surface area contributed by atoms with Crippen molar-refractivity contribution >= 4 is 29.2 Å². The van der Waals surface area contributed by atoms with E-state index in [2.05, 4.69) is 59.9 Å². The van der Waals surface area contributed by atoms with E-state index < -0.39 is 11.6 Å². The van der Waals surface area contributed by atoms with Gasteiger partial charge in [-0.05, 0) is 86.0 Å². The molecule has 3 aromatic rings. The average Bonchev–Trinajstić information content (AvgIpc) is 2.74. The Morgan fingerprint density at radius 1 is 0.938 bits per heavy atom. The molecule has 0 bridgehead atoms. The van der Waals surface area contributed by atoms with E-state index in [1.807, 2.05) is 6.07 Å². The van der Waals surface area contributed by atoms with Crippen LogP contribution in [-0.4, -0.2) is 13.1 Å². The van der Waals surface area contributed by atoms with Crippen LogP contribution in [0.15, 0.2) is 65.6 Å². The summed E-state index contributed by atoms with van der Waals surface area (Å²) in [4.78, 5) is 2.98. The lowest BCUT2D eigenvalue weighted by Crippen LogP contribution is -2.41. The second kappa shape index (κ2) is 10.2. The number of benzene rings is 3. The van der Waals surface area contributed by atoms with Gasteiger partial charge >= 0.3 is 0 Å². The summed E-state index contributed by atoms with van der Waals surface area (Å²) in [5, 5.41) is 0.812. The minimum atomic E-state index is -0.560. The van der Waals surface area contributed by atoms with Crippen LogP contribution in [0.1, 0.15) is 35.6 Å². The van der Waals surface area contributed by atoms with Gasteiger partial charge in [0.05, 0.1) is 6.04 Å². The average molecular weight is 473 g/mol. The molecule has 2 nitrogen and oxygen atoms in total. The summed E-state index contributed by atoms with van der Waals surface area (Å²) in [5.74, 6) is -0.714. The van der Waals surface area contributed by atoms with Crippen LogP contribution >= 0.6 is 23.5 Å². The molecule has 168 valence electrons. The number of halogens is 3. The molecule has 2 unspecified atom stereocenters. The Morgan fingerprint density at radius 3 is 2.31 bits per heavy atom. The summed E-state index contributed by atoms with van der Waals surface area (Å²) in [6, 6.07) is 18.7. The molecule has 1 heterocycles. The second-order valence-electron chi connectivity index (χ2n) is 8.53. The zero-order valence-electron chi connectivity index (χ0n) is 18.2. The highest BCUT2D eigenvalue weighted by Gasteiger charge is 2.30. The van der Waals surface area contributed by atoms with Crippen LogP contribution in [0.25, 0.3) is 0 Å². The predicted octanol–water partition coefficient (Wildman–Crippen LogP) is 7.49. The molecule has 1 saturated heterocycles. The molecule has 3 aromatic carbocycles. The molecule has 1 aliphatic heterocycles. The fraction of sp³-hybridized carbons (Fsp3) is 0.308. The first-order chi connectivity index (χ1) is 15.4. The number of hydrogen-bond donors (Lipinski definition) is 1. The number of rotatable bonds is 6. The van der Waals surface area contributed by atoms with Crippen molar-refractivity contribution in [2.24, 2.45) is 5.92 Å². The third-order valence-electron chi connectivity index (χ3n) is 5.96. The number of hydrogen-bond acceptors (Lipinski definition) is 3. The molecule has 0 spiro atoms. The van der Waals surface area contributed by atoms with Crippen LogP contribution in [0.3, 0.4) is 0 Å². The number of nitrogens with one attached hydrogen (secondary N) is 1. The van der Waals surface area contributed by atoms with Crippen LogP contribution < -0.4 is 9.62 Å². The molecule has 6 heteroatoms. The SMILES string of the molecule is Cc1ccc(N2CC(CNSc3cc(F)cc(F)c3)CCC2c2ccc(C)cc2Cl)cc1. The molecule has 0 aromatic heterocycles. The van der Waals surface area contributed by atoms with E-state index in [9.17, 15) is 8.78 Å². The summed E-state index contributed by atoms with van der Waals surface area (Å²) < 4.78 is 30.2. The highest BCUT2D eigenvalue weighted by molar-refractivity contribution is 7.97. The van der Waals surface area contributed by atoms with E-state index in [1.54, 1.807) is 0 Å². The zero-order valence-corrected chi connectivity index (χ0v) is 19.8. The Bertz CT molecular complexity index is 1050. The Labute approximate surface area is 198 Å². The van der Waals surface area contributed by atoms with Crippen LogP contribution in [-0.2, 0) is 0 Å². The summed E-state index contributed by atoms with van der Waals surface area (Å²) in [7, 11) is 0. The largest absolute Gasteiger partial charge is 0.364 e. The zero-order chi connectivity index (χ0) is 22.7. The van der Waals surface area contributed by atoms with Crippen molar-refractivity contribution < 1.29 is 8.78 Å². The maximum absolute atomic E-state index is 13.4. The highest BCUT2D eigenvalue weighted by atomic mass is 35.5. The molecule has 4 rings (SSSR count). The van der Waals surface area contributed by atoms with Crippen LogP contribution in [0.5, 0.6) is 0 Å². The quantitative estimate of drug-likeness (QED) is 0.374.